The molecule has 124 valence electrons. The summed E-state index contributed by atoms with van der Waals surface area (Å²) in [6.07, 6.45) is 1.99. The van der Waals surface area contributed by atoms with Crippen molar-refractivity contribution in [1.82, 2.24) is 15.2 Å². The molecule has 2 N–H and O–H groups in total. The molecular weight excluding hydrogens is 313 g/mol. The second kappa shape index (κ2) is 6.66. The van der Waals surface area contributed by atoms with Crippen LogP contribution in [0.15, 0.2) is 36.5 Å². The SMILES string of the molecule is O=C(O)c1ccnc2c1CN(C(=O)NCc1ccc(F)cc1)CC2. The van der Waals surface area contributed by atoms with Crippen LogP contribution in [0, 0.1) is 5.82 Å². The molecule has 0 radical (unpaired) electrons. The van der Waals surface area contributed by atoms with E-state index in [1.807, 2.05) is 0 Å². The summed E-state index contributed by atoms with van der Waals surface area (Å²) in [6, 6.07) is 7.04. The monoisotopic (exact) mass is 329 g/mol. The van der Waals surface area contributed by atoms with Crippen LogP contribution in [0.3, 0.4) is 0 Å². The molecule has 2 amide bonds. The van der Waals surface area contributed by atoms with Gasteiger partial charge in [0.2, 0.25) is 0 Å². The van der Waals surface area contributed by atoms with E-state index in [9.17, 15) is 19.1 Å². The minimum absolute atomic E-state index is 0.177. The van der Waals surface area contributed by atoms with Crippen molar-refractivity contribution in [3.8, 4) is 0 Å². The van der Waals surface area contributed by atoms with Crippen LogP contribution in [-0.4, -0.2) is 33.5 Å². The Morgan fingerprint density at radius 3 is 2.71 bits per heavy atom. The lowest BCUT2D eigenvalue weighted by Crippen LogP contribution is -2.43. The molecule has 2 heterocycles. The summed E-state index contributed by atoms with van der Waals surface area (Å²) in [5, 5.41) is 12.0. The van der Waals surface area contributed by atoms with Crippen molar-refractivity contribution in [2.75, 3.05) is 6.54 Å². The number of nitrogens with one attached hydrogen (secondary N) is 1. The van der Waals surface area contributed by atoms with Crippen molar-refractivity contribution in [1.29, 1.82) is 0 Å². The maximum atomic E-state index is 12.9. The molecule has 2 aromatic rings. The number of rotatable bonds is 3. The summed E-state index contributed by atoms with van der Waals surface area (Å²) in [5.74, 6) is -1.35. The summed E-state index contributed by atoms with van der Waals surface area (Å²) in [5.41, 5.74) is 2.26. The third-order valence-corrected chi connectivity index (χ3v) is 3.99. The first-order chi connectivity index (χ1) is 11.5. The Balaban J connectivity index is 1.67. The van der Waals surface area contributed by atoms with Crippen LogP contribution >= 0.6 is 0 Å². The molecule has 1 aliphatic heterocycles. The zero-order valence-corrected chi connectivity index (χ0v) is 12.8. The highest BCUT2D eigenvalue weighted by atomic mass is 19.1. The molecular formula is C17H16FN3O3. The fraction of sp³-hybridized carbons (Fsp3) is 0.235. The molecule has 0 fully saturated rings. The maximum Gasteiger partial charge on any atom is 0.336 e. The Kier molecular flexibility index (Phi) is 4.41. The average molecular weight is 329 g/mol. The van der Waals surface area contributed by atoms with Crippen molar-refractivity contribution >= 4 is 12.0 Å². The van der Waals surface area contributed by atoms with Crippen LogP contribution in [-0.2, 0) is 19.5 Å². The molecule has 0 spiro atoms. The fourth-order valence-corrected chi connectivity index (χ4v) is 2.70. The van der Waals surface area contributed by atoms with Crippen molar-refractivity contribution < 1.29 is 19.1 Å². The topological polar surface area (TPSA) is 82.5 Å². The lowest BCUT2D eigenvalue weighted by Gasteiger charge is -2.29. The Labute approximate surface area is 137 Å². The van der Waals surface area contributed by atoms with E-state index >= 15 is 0 Å². The van der Waals surface area contributed by atoms with Crippen molar-refractivity contribution in [2.24, 2.45) is 0 Å². The van der Waals surface area contributed by atoms with Gasteiger partial charge in [0.05, 0.1) is 12.1 Å². The molecule has 1 aromatic heterocycles. The third-order valence-electron chi connectivity index (χ3n) is 3.99. The average Bonchev–Trinajstić information content (AvgIpc) is 2.59. The number of halogens is 1. The number of urea groups is 1. The number of carbonyl (C=O) groups is 2. The van der Waals surface area contributed by atoms with E-state index < -0.39 is 5.97 Å². The summed E-state index contributed by atoms with van der Waals surface area (Å²) in [6.45, 7) is 0.958. The van der Waals surface area contributed by atoms with Gasteiger partial charge in [-0.2, -0.15) is 0 Å². The van der Waals surface area contributed by atoms with Gasteiger partial charge in [0.15, 0.2) is 0 Å². The molecule has 6 nitrogen and oxygen atoms in total. The summed E-state index contributed by atoms with van der Waals surface area (Å²) >= 11 is 0. The van der Waals surface area contributed by atoms with Crippen LogP contribution in [0.1, 0.15) is 27.2 Å². The molecule has 1 aliphatic rings. The number of fused-ring (bicyclic) bond motifs is 1. The highest BCUT2D eigenvalue weighted by Gasteiger charge is 2.25. The number of benzene rings is 1. The van der Waals surface area contributed by atoms with E-state index in [4.69, 9.17) is 0 Å². The zero-order chi connectivity index (χ0) is 17.1. The van der Waals surface area contributed by atoms with Gasteiger partial charge in [0.25, 0.3) is 0 Å². The van der Waals surface area contributed by atoms with E-state index in [0.29, 0.717) is 18.5 Å². The number of aromatic carboxylic acids is 1. The van der Waals surface area contributed by atoms with Crippen LogP contribution in [0.5, 0.6) is 0 Å². The zero-order valence-electron chi connectivity index (χ0n) is 12.8. The van der Waals surface area contributed by atoms with E-state index in [2.05, 4.69) is 10.3 Å². The van der Waals surface area contributed by atoms with Gasteiger partial charge in [-0.05, 0) is 23.8 Å². The number of amides is 2. The summed E-state index contributed by atoms with van der Waals surface area (Å²) in [4.78, 5) is 29.4. The lowest BCUT2D eigenvalue weighted by molar-refractivity contribution is 0.0693. The molecule has 0 aliphatic carbocycles. The summed E-state index contributed by atoms with van der Waals surface area (Å²) < 4.78 is 12.9. The smallest absolute Gasteiger partial charge is 0.336 e. The molecule has 24 heavy (non-hydrogen) atoms. The van der Waals surface area contributed by atoms with Gasteiger partial charge in [0, 0.05) is 37.0 Å². The van der Waals surface area contributed by atoms with Crippen LogP contribution in [0.2, 0.25) is 0 Å². The number of carbonyl (C=O) groups excluding carboxylic acids is 1. The molecule has 0 bridgehead atoms. The van der Waals surface area contributed by atoms with Crippen LogP contribution in [0.4, 0.5) is 9.18 Å². The Bertz CT molecular complexity index is 777. The standard InChI is InChI=1S/C17H16FN3O3/c18-12-3-1-11(2-4-12)9-20-17(24)21-8-6-15-14(10-21)13(16(22)23)5-7-19-15/h1-5,7H,6,8-10H2,(H,20,24)(H,22,23). The minimum atomic E-state index is -1.03. The number of carboxylic acid groups (broad SMARTS) is 1. The summed E-state index contributed by atoms with van der Waals surface area (Å²) in [7, 11) is 0. The van der Waals surface area contributed by atoms with Crippen molar-refractivity contribution in [3.05, 3.63) is 64.7 Å². The molecule has 0 saturated heterocycles. The van der Waals surface area contributed by atoms with E-state index in [0.717, 1.165) is 11.3 Å². The highest BCUT2D eigenvalue weighted by Crippen LogP contribution is 2.21. The van der Waals surface area contributed by atoms with E-state index in [-0.39, 0.29) is 30.5 Å². The van der Waals surface area contributed by atoms with Crippen molar-refractivity contribution in [3.63, 3.8) is 0 Å². The molecule has 0 atom stereocenters. The molecule has 7 heteroatoms. The van der Waals surface area contributed by atoms with Crippen molar-refractivity contribution in [2.45, 2.75) is 19.5 Å². The number of nitrogens with zero attached hydrogens (tertiary/aromatic N) is 2. The quantitative estimate of drug-likeness (QED) is 0.904. The molecule has 0 unspecified atom stereocenters. The van der Waals surface area contributed by atoms with E-state index in [1.165, 1.54) is 24.4 Å². The maximum absolute atomic E-state index is 12.9. The number of hydrogen-bond donors (Lipinski definition) is 2. The predicted molar refractivity (Wildman–Crippen MR) is 83.9 cm³/mol. The van der Waals surface area contributed by atoms with Gasteiger partial charge < -0.3 is 15.3 Å². The number of carboxylic acids is 1. The largest absolute Gasteiger partial charge is 0.478 e. The lowest BCUT2D eigenvalue weighted by atomic mass is 10.0. The minimum Gasteiger partial charge on any atom is -0.478 e. The predicted octanol–water partition coefficient (Wildman–Crippen LogP) is 2.19. The number of pyridine rings is 1. The van der Waals surface area contributed by atoms with Gasteiger partial charge in [-0.25, -0.2) is 14.0 Å². The molecule has 3 rings (SSSR count). The van der Waals surface area contributed by atoms with Crippen LogP contribution < -0.4 is 5.32 Å². The first-order valence-corrected chi connectivity index (χ1v) is 7.52. The molecule has 1 aromatic carbocycles. The molecule has 0 saturated carbocycles. The van der Waals surface area contributed by atoms with Gasteiger partial charge in [0.1, 0.15) is 5.82 Å². The second-order valence-electron chi connectivity index (χ2n) is 5.55. The van der Waals surface area contributed by atoms with Crippen LogP contribution in [0.25, 0.3) is 0 Å². The normalized spacial score (nSPS) is 13.3. The van der Waals surface area contributed by atoms with Gasteiger partial charge >= 0.3 is 12.0 Å². The first-order valence-electron chi connectivity index (χ1n) is 7.52. The van der Waals surface area contributed by atoms with Gasteiger partial charge in [-0.15, -0.1) is 0 Å². The number of aromatic nitrogens is 1. The Hall–Kier alpha value is -2.96. The van der Waals surface area contributed by atoms with Gasteiger partial charge in [-0.1, -0.05) is 12.1 Å². The Morgan fingerprint density at radius 1 is 1.25 bits per heavy atom. The highest BCUT2D eigenvalue weighted by molar-refractivity contribution is 5.89. The fourth-order valence-electron chi connectivity index (χ4n) is 2.70. The third kappa shape index (κ3) is 3.34. The van der Waals surface area contributed by atoms with E-state index in [1.54, 1.807) is 17.0 Å². The number of hydrogen-bond acceptors (Lipinski definition) is 3. The van der Waals surface area contributed by atoms with Gasteiger partial charge in [-0.3, -0.25) is 4.98 Å². The Morgan fingerprint density at radius 2 is 2.00 bits per heavy atom. The first kappa shape index (κ1) is 15.9. The second-order valence-corrected chi connectivity index (χ2v) is 5.55.